The SMILES string of the molecule is N#Cc1cccc(-c2ccc(C3(OCC(=O)Nc4ccc(F)c(O)c4)CCN(CCO)CC3)cc2)c1. The second kappa shape index (κ2) is 11.3. The van der Waals surface area contributed by atoms with Gasteiger partial charge in [0, 0.05) is 31.4 Å². The molecule has 3 aromatic carbocycles. The number of phenols is 1. The van der Waals surface area contributed by atoms with E-state index in [1.165, 1.54) is 6.07 Å². The second-order valence-electron chi connectivity index (χ2n) is 8.83. The van der Waals surface area contributed by atoms with Gasteiger partial charge in [0.25, 0.3) is 0 Å². The van der Waals surface area contributed by atoms with Crippen molar-refractivity contribution in [1.82, 2.24) is 4.90 Å². The maximum absolute atomic E-state index is 13.3. The molecule has 8 heteroatoms. The van der Waals surface area contributed by atoms with Gasteiger partial charge in [0.2, 0.25) is 5.91 Å². The summed E-state index contributed by atoms with van der Waals surface area (Å²) in [5.41, 5.74) is 3.03. The molecule has 36 heavy (non-hydrogen) atoms. The topological polar surface area (TPSA) is 106 Å². The summed E-state index contributed by atoms with van der Waals surface area (Å²) >= 11 is 0. The predicted octanol–water partition coefficient (Wildman–Crippen LogP) is 4.01. The molecule has 0 spiro atoms. The van der Waals surface area contributed by atoms with Crippen molar-refractivity contribution in [1.29, 1.82) is 5.26 Å². The van der Waals surface area contributed by atoms with Gasteiger partial charge in [-0.25, -0.2) is 4.39 Å². The molecule has 0 saturated carbocycles. The monoisotopic (exact) mass is 489 g/mol. The zero-order valence-corrected chi connectivity index (χ0v) is 19.8. The number of anilines is 1. The highest BCUT2D eigenvalue weighted by Gasteiger charge is 2.37. The third-order valence-electron chi connectivity index (χ3n) is 6.53. The summed E-state index contributed by atoms with van der Waals surface area (Å²) in [6, 6.07) is 21.1. The number of hydrogen-bond acceptors (Lipinski definition) is 6. The molecule has 1 heterocycles. The van der Waals surface area contributed by atoms with Crippen molar-refractivity contribution in [2.24, 2.45) is 0 Å². The van der Waals surface area contributed by atoms with E-state index in [4.69, 9.17) is 4.74 Å². The summed E-state index contributed by atoms with van der Waals surface area (Å²) in [4.78, 5) is 14.8. The first kappa shape index (κ1) is 25.3. The molecule has 0 radical (unpaired) electrons. The van der Waals surface area contributed by atoms with Crippen LogP contribution >= 0.6 is 0 Å². The van der Waals surface area contributed by atoms with Crippen LogP contribution in [-0.2, 0) is 15.1 Å². The Balaban J connectivity index is 1.51. The number of aliphatic hydroxyl groups excluding tert-OH is 1. The molecule has 186 valence electrons. The lowest BCUT2D eigenvalue weighted by atomic mass is 9.83. The van der Waals surface area contributed by atoms with Crippen molar-refractivity contribution in [2.45, 2.75) is 18.4 Å². The van der Waals surface area contributed by atoms with Crippen LogP contribution < -0.4 is 5.32 Å². The number of β-amino-alcohol motifs (C(OH)–C–C–N with tert-alkyl or cyclic N) is 1. The zero-order valence-electron chi connectivity index (χ0n) is 19.8. The van der Waals surface area contributed by atoms with Crippen molar-refractivity contribution in [3.8, 4) is 22.9 Å². The fourth-order valence-electron chi connectivity index (χ4n) is 4.52. The van der Waals surface area contributed by atoms with Crippen molar-refractivity contribution in [3.05, 3.63) is 83.7 Å². The molecule has 1 aliphatic rings. The van der Waals surface area contributed by atoms with E-state index < -0.39 is 23.1 Å². The number of rotatable bonds is 8. The second-order valence-corrected chi connectivity index (χ2v) is 8.83. The van der Waals surface area contributed by atoms with Gasteiger partial charge in [0.1, 0.15) is 6.61 Å². The van der Waals surface area contributed by atoms with Crippen LogP contribution in [0.2, 0.25) is 0 Å². The molecular formula is C28H28FN3O4. The smallest absolute Gasteiger partial charge is 0.250 e. The molecule has 0 aliphatic carbocycles. The number of nitrogens with one attached hydrogen (secondary N) is 1. The molecule has 1 amide bonds. The van der Waals surface area contributed by atoms with Crippen molar-refractivity contribution < 1.29 is 24.1 Å². The normalized spacial score (nSPS) is 15.2. The molecule has 1 saturated heterocycles. The van der Waals surface area contributed by atoms with E-state index >= 15 is 0 Å². The maximum atomic E-state index is 13.3. The lowest BCUT2D eigenvalue weighted by molar-refractivity contribution is -0.135. The minimum atomic E-state index is -0.763. The van der Waals surface area contributed by atoms with E-state index in [0.717, 1.165) is 28.8 Å². The van der Waals surface area contributed by atoms with Gasteiger partial charge >= 0.3 is 0 Å². The third-order valence-corrected chi connectivity index (χ3v) is 6.53. The number of amides is 1. The van der Waals surface area contributed by atoms with Gasteiger partial charge < -0.3 is 25.2 Å². The van der Waals surface area contributed by atoms with Crippen LogP contribution in [0.4, 0.5) is 10.1 Å². The first-order valence-corrected chi connectivity index (χ1v) is 11.8. The summed E-state index contributed by atoms with van der Waals surface area (Å²) in [6.07, 6.45) is 1.28. The molecule has 0 unspecified atom stereocenters. The Kier molecular flexibility index (Phi) is 7.96. The lowest BCUT2D eigenvalue weighted by Crippen LogP contribution is -2.46. The summed E-state index contributed by atoms with van der Waals surface area (Å²) < 4.78 is 19.6. The van der Waals surface area contributed by atoms with E-state index in [1.54, 1.807) is 6.07 Å². The Morgan fingerprint density at radius 1 is 1.08 bits per heavy atom. The third kappa shape index (κ3) is 5.89. The number of benzene rings is 3. The van der Waals surface area contributed by atoms with E-state index in [1.807, 2.05) is 42.5 Å². The number of likely N-dealkylation sites (tertiary alicyclic amines) is 1. The molecule has 3 aromatic rings. The van der Waals surface area contributed by atoms with Crippen LogP contribution in [0.1, 0.15) is 24.0 Å². The number of aromatic hydroxyl groups is 1. The number of piperidine rings is 1. The number of ether oxygens (including phenoxy) is 1. The maximum Gasteiger partial charge on any atom is 0.250 e. The Bertz CT molecular complexity index is 1250. The van der Waals surface area contributed by atoms with Gasteiger partial charge in [0.15, 0.2) is 11.6 Å². The van der Waals surface area contributed by atoms with E-state index in [9.17, 15) is 24.7 Å². The Hall–Kier alpha value is -3.77. The molecule has 3 N–H and O–H groups in total. The molecule has 7 nitrogen and oxygen atoms in total. The van der Waals surface area contributed by atoms with Crippen LogP contribution in [0, 0.1) is 17.1 Å². The van der Waals surface area contributed by atoms with Gasteiger partial charge in [-0.3, -0.25) is 4.79 Å². The number of aliphatic hydroxyl groups is 1. The molecular weight excluding hydrogens is 461 g/mol. The fraction of sp³-hybridized carbons (Fsp3) is 0.286. The first-order chi connectivity index (χ1) is 17.4. The molecule has 0 atom stereocenters. The van der Waals surface area contributed by atoms with Crippen molar-refractivity contribution in [2.75, 3.05) is 38.2 Å². The molecule has 4 rings (SSSR count). The van der Waals surface area contributed by atoms with Gasteiger partial charge in [-0.1, -0.05) is 36.4 Å². The predicted molar refractivity (Wildman–Crippen MR) is 134 cm³/mol. The lowest BCUT2D eigenvalue weighted by Gasteiger charge is -2.42. The zero-order chi connectivity index (χ0) is 25.5. The average molecular weight is 490 g/mol. The quantitative estimate of drug-likeness (QED) is 0.442. The number of halogens is 1. The summed E-state index contributed by atoms with van der Waals surface area (Å²) in [5.74, 6) is -1.72. The van der Waals surface area contributed by atoms with Gasteiger partial charge in [0.05, 0.1) is 23.8 Å². The standard InChI is InChI=1S/C28H28FN3O4/c29-25-9-8-24(17-26(25)34)31-27(35)19-36-28(10-12-32(13-11-28)14-15-33)23-6-4-21(5-7-23)22-3-1-2-20(16-22)18-30/h1-9,16-17,33-34H,10-15,19H2,(H,31,35). The van der Waals surface area contributed by atoms with Gasteiger partial charge in [-0.05, 0) is 53.8 Å². The molecule has 1 fully saturated rings. The van der Waals surface area contributed by atoms with Crippen LogP contribution in [-0.4, -0.2) is 53.9 Å². The summed E-state index contributed by atoms with van der Waals surface area (Å²) in [5, 5.41) is 30.7. The van der Waals surface area contributed by atoms with E-state index in [-0.39, 0.29) is 18.9 Å². The average Bonchev–Trinajstić information content (AvgIpc) is 2.91. The van der Waals surface area contributed by atoms with Gasteiger partial charge in [-0.15, -0.1) is 0 Å². The number of hydrogen-bond donors (Lipinski definition) is 3. The van der Waals surface area contributed by atoms with E-state index in [0.29, 0.717) is 38.0 Å². The number of nitriles is 1. The summed E-state index contributed by atoms with van der Waals surface area (Å²) in [7, 11) is 0. The Labute approximate surface area is 209 Å². The van der Waals surface area contributed by atoms with Crippen molar-refractivity contribution >= 4 is 11.6 Å². The summed E-state index contributed by atoms with van der Waals surface area (Å²) in [6.45, 7) is 1.86. The van der Waals surface area contributed by atoms with E-state index in [2.05, 4.69) is 16.3 Å². The number of nitrogens with zero attached hydrogens (tertiary/aromatic N) is 2. The minimum absolute atomic E-state index is 0.0806. The number of carbonyl (C=O) groups excluding carboxylic acids is 1. The highest BCUT2D eigenvalue weighted by atomic mass is 19.1. The molecule has 0 bridgehead atoms. The molecule has 1 aliphatic heterocycles. The van der Waals surface area contributed by atoms with Crippen LogP contribution in [0.3, 0.4) is 0 Å². The Morgan fingerprint density at radius 3 is 2.50 bits per heavy atom. The van der Waals surface area contributed by atoms with Crippen LogP contribution in [0.25, 0.3) is 11.1 Å². The number of phenolic OH excluding ortho intramolecular Hbond substituents is 1. The highest BCUT2D eigenvalue weighted by Crippen LogP contribution is 2.38. The van der Waals surface area contributed by atoms with Crippen LogP contribution in [0.15, 0.2) is 66.7 Å². The largest absolute Gasteiger partial charge is 0.505 e. The van der Waals surface area contributed by atoms with Crippen molar-refractivity contribution in [3.63, 3.8) is 0 Å². The minimum Gasteiger partial charge on any atom is -0.505 e. The number of carbonyl (C=O) groups is 1. The van der Waals surface area contributed by atoms with Crippen LogP contribution in [0.5, 0.6) is 5.75 Å². The highest BCUT2D eigenvalue weighted by molar-refractivity contribution is 5.91. The first-order valence-electron chi connectivity index (χ1n) is 11.8. The Morgan fingerprint density at radius 2 is 1.83 bits per heavy atom. The fourth-order valence-corrected chi connectivity index (χ4v) is 4.52. The van der Waals surface area contributed by atoms with Gasteiger partial charge in [-0.2, -0.15) is 5.26 Å². The molecule has 0 aromatic heterocycles.